The third kappa shape index (κ3) is 6.64. The van der Waals surface area contributed by atoms with E-state index in [0.717, 1.165) is 54.0 Å². The van der Waals surface area contributed by atoms with Crippen molar-refractivity contribution in [1.29, 1.82) is 5.41 Å². The Morgan fingerprint density at radius 3 is 2.83 bits per heavy atom. The van der Waals surface area contributed by atoms with Crippen LogP contribution in [-0.2, 0) is 0 Å². The molecule has 35 heavy (non-hydrogen) atoms. The number of nitrogens with two attached hydrogens (primary N) is 1. The predicted molar refractivity (Wildman–Crippen MR) is 152 cm³/mol. The van der Waals surface area contributed by atoms with E-state index < -0.39 is 0 Å². The molecule has 1 aliphatic heterocycles. The molecule has 188 valence electrons. The maximum absolute atomic E-state index is 7.96. The minimum absolute atomic E-state index is 0.193. The average molecular weight is 494 g/mol. The van der Waals surface area contributed by atoms with Crippen molar-refractivity contribution in [2.24, 2.45) is 5.41 Å². The molecule has 0 bridgehead atoms. The van der Waals surface area contributed by atoms with Gasteiger partial charge in [0.1, 0.15) is 5.69 Å². The highest BCUT2D eigenvalue weighted by molar-refractivity contribution is 7.99. The van der Waals surface area contributed by atoms with E-state index in [4.69, 9.17) is 16.1 Å². The van der Waals surface area contributed by atoms with Gasteiger partial charge in [0.2, 0.25) is 0 Å². The molecule has 0 saturated carbocycles. The summed E-state index contributed by atoms with van der Waals surface area (Å²) in [6.45, 7) is 15.6. The summed E-state index contributed by atoms with van der Waals surface area (Å²) in [5.41, 5.74) is 12.2. The Balaban J connectivity index is 1.87. The van der Waals surface area contributed by atoms with Crippen LogP contribution in [0.5, 0.6) is 0 Å². The zero-order valence-electron chi connectivity index (χ0n) is 21.5. The molecule has 0 amide bonds. The lowest BCUT2D eigenvalue weighted by atomic mass is 9.90. The van der Waals surface area contributed by atoms with Crippen LogP contribution < -0.4 is 21.7 Å². The first-order valence-electron chi connectivity index (χ1n) is 12.1. The molecule has 0 radical (unpaired) electrons. The van der Waals surface area contributed by atoms with Crippen molar-refractivity contribution >= 4 is 35.1 Å². The largest absolute Gasteiger partial charge is 0.390 e. The van der Waals surface area contributed by atoms with E-state index in [0.29, 0.717) is 22.5 Å². The highest BCUT2D eigenvalue weighted by Crippen LogP contribution is 2.28. The van der Waals surface area contributed by atoms with Crippen LogP contribution in [0.3, 0.4) is 0 Å². The number of nitrogens with one attached hydrogen (secondary N) is 4. The van der Waals surface area contributed by atoms with E-state index in [9.17, 15) is 0 Å². The number of anilines is 1. The Morgan fingerprint density at radius 1 is 1.37 bits per heavy atom. The van der Waals surface area contributed by atoms with E-state index in [2.05, 4.69) is 66.7 Å². The molecule has 0 spiro atoms. The lowest BCUT2D eigenvalue weighted by molar-refractivity contribution is 0.345. The minimum atomic E-state index is 0.193. The van der Waals surface area contributed by atoms with E-state index in [1.54, 1.807) is 6.20 Å². The van der Waals surface area contributed by atoms with Gasteiger partial charge in [0.15, 0.2) is 5.82 Å². The second-order valence-corrected chi connectivity index (χ2v) is 10.9. The summed E-state index contributed by atoms with van der Waals surface area (Å²) in [6, 6.07) is 6.40. The molecule has 1 aromatic heterocycles. The second kappa shape index (κ2) is 11.7. The fraction of sp³-hybridized carbons (Fsp3) is 0.444. The number of hydrogen-bond donors (Lipinski definition) is 5. The Morgan fingerprint density at radius 2 is 2.14 bits per heavy atom. The van der Waals surface area contributed by atoms with Crippen molar-refractivity contribution in [2.45, 2.75) is 45.4 Å². The number of allylic oxidation sites excluding steroid dienone is 1. The topological polar surface area (TPSA) is 112 Å². The molecule has 6 N–H and O–H groups in total. The van der Waals surface area contributed by atoms with Crippen LogP contribution in [0, 0.1) is 17.7 Å². The highest BCUT2D eigenvalue weighted by atomic mass is 32.2. The summed E-state index contributed by atoms with van der Waals surface area (Å²) < 4.78 is 0. The van der Waals surface area contributed by atoms with Crippen LogP contribution in [0.2, 0.25) is 0 Å². The molecule has 3 rings (SSSR count). The Bertz CT molecular complexity index is 1090. The van der Waals surface area contributed by atoms with Crippen LogP contribution in [0.1, 0.15) is 44.0 Å². The van der Waals surface area contributed by atoms with Crippen molar-refractivity contribution in [3.63, 3.8) is 0 Å². The normalized spacial score (nSPS) is 18.4. The molecule has 1 saturated heterocycles. The molecule has 7 nitrogen and oxygen atoms in total. The number of hydrogen-bond acceptors (Lipinski definition) is 8. The number of rotatable bonds is 11. The van der Waals surface area contributed by atoms with Gasteiger partial charge in [0.25, 0.3) is 0 Å². The van der Waals surface area contributed by atoms with Gasteiger partial charge in [-0.25, -0.2) is 9.97 Å². The third-order valence-corrected chi connectivity index (χ3v) is 7.81. The summed E-state index contributed by atoms with van der Waals surface area (Å²) in [7, 11) is 0. The first kappa shape index (κ1) is 26.8. The second-order valence-electron chi connectivity index (χ2n) is 9.82. The van der Waals surface area contributed by atoms with Crippen LogP contribution in [0.15, 0.2) is 37.2 Å². The molecule has 1 aromatic carbocycles. The van der Waals surface area contributed by atoms with Crippen molar-refractivity contribution in [3.05, 3.63) is 54.0 Å². The van der Waals surface area contributed by atoms with Gasteiger partial charge in [0, 0.05) is 48.4 Å². The van der Waals surface area contributed by atoms with Gasteiger partial charge < -0.3 is 27.1 Å². The number of aromatic nitrogens is 2. The van der Waals surface area contributed by atoms with E-state index in [-0.39, 0.29) is 11.5 Å². The van der Waals surface area contributed by atoms with Gasteiger partial charge in [-0.1, -0.05) is 39.5 Å². The molecule has 2 unspecified atom stereocenters. The summed E-state index contributed by atoms with van der Waals surface area (Å²) >= 11 is 1.84. The quantitative estimate of drug-likeness (QED) is 0.297. The molecule has 2 atom stereocenters. The number of aryl methyl sites for hydroxylation is 1. The maximum Gasteiger partial charge on any atom is 0.151 e. The summed E-state index contributed by atoms with van der Waals surface area (Å²) in [5, 5.41) is 18.7. The Labute approximate surface area is 214 Å². The lowest BCUT2D eigenvalue weighted by Crippen LogP contribution is -2.36. The van der Waals surface area contributed by atoms with Crippen LogP contribution in [0.25, 0.3) is 22.5 Å². The van der Waals surface area contributed by atoms with Gasteiger partial charge in [-0.05, 0) is 42.2 Å². The van der Waals surface area contributed by atoms with Crippen molar-refractivity contribution in [3.8, 4) is 11.3 Å². The number of thioether (sulfide) groups is 1. The monoisotopic (exact) mass is 493 g/mol. The highest BCUT2D eigenvalue weighted by Gasteiger charge is 2.27. The van der Waals surface area contributed by atoms with E-state index >= 15 is 0 Å². The molecule has 8 heteroatoms. The molecular weight excluding hydrogens is 454 g/mol. The molecule has 1 aliphatic rings. The zero-order valence-corrected chi connectivity index (χ0v) is 22.4. The standard InChI is InChI=1S/C27H39N7S/c1-7-27(4,5)16-31-12-20(11-28)19-9-8-17(2)21(10-19)22-14-32-26(29)25(34-22)18(3)33-23-13-30-15-24(23)35-6/h8-12,14,23-24,28,30-31,33H,3,7,13,15-16H2,1-2,4-6H3,(H2,29,32)/b20-12+,28-11?. The first-order valence-corrected chi connectivity index (χ1v) is 13.3. The van der Waals surface area contributed by atoms with Crippen LogP contribution in [-0.4, -0.2) is 53.4 Å². The fourth-order valence-corrected chi connectivity index (χ4v) is 4.71. The van der Waals surface area contributed by atoms with Gasteiger partial charge in [-0.3, -0.25) is 0 Å². The van der Waals surface area contributed by atoms with Gasteiger partial charge in [-0.2, -0.15) is 11.8 Å². The molecule has 1 fully saturated rings. The summed E-state index contributed by atoms with van der Waals surface area (Å²) in [4.78, 5) is 9.29. The van der Waals surface area contributed by atoms with Gasteiger partial charge >= 0.3 is 0 Å². The first-order chi connectivity index (χ1) is 16.7. The average Bonchev–Trinajstić information content (AvgIpc) is 3.29. The Kier molecular flexibility index (Phi) is 8.97. The molecule has 2 heterocycles. The van der Waals surface area contributed by atoms with Crippen LogP contribution in [0.4, 0.5) is 5.82 Å². The summed E-state index contributed by atoms with van der Waals surface area (Å²) in [5.74, 6) is 0.356. The summed E-state index contributed by atoms with van der Waals surface area (Å²) in [6.07, 6.45) is 8.20. The van der Waals surface area contributed by atoms with E-state index in [1.807, 2.05) is 31.0 Å². The number of nitrogen functional groups attached to an aromatic ring is 1. The molecule has 2 aromatic rings. The fourth-order valence-electron chi connectivity index (χ4n) is 3.94. The number of nitrogens with zero attached hydrogens (tertiary/aromatic N) is 2. The molecule has 0 aliphatic carbocycles. The van der Waals surface area contributed by atoms with Crippen molar-refractivity contribution < 1.29 is 0 Å². The van der Waals surface area contributed by atoms with Crippen LogP contribution >= 0.6 is 11.8 Å². The maximum atomic E-state index is 7.96. The van der Waals surface area contributed by atoms with Crippen molar-refractivity contribution in [2.75, 3.05) is 31.6 Å². The number of benzene rings is 1. The van der Waals surface area contributed by atoms with Crippen molar-refractivity contribution in [1.82, 2.24) is 25.9 Å². The van der Waals surface area contributed by atoms with E-state index in [1.165, 1.54) is 6.21 Å². The van der Waals surface area contributed by atoms with Gasteiger partial charge in [-0.15, -0.1) is 0 Å². The SMILES string of the molecule is C=C(NC1CNCC1SC)c1nc(-c2cc(/C(C=N)=C/NCC(C)(C)CC)ccc2C)cnc1N. The predicted octanol–water partition coefficient (Wildman–Crippen LogP) is 4.31. The van der Waals surface area contributed by atoms with Gasteiger partial charge in [0.05, 0.1) is 23.6 Å². The lowest BCUT2D eigenvalue weighted by Gasteiger charge is -2.22. The smallest absolute Gasteiger partial charge is 0.151 e. The Hall–Kier alpha value is -2.84. The third-order valence-electron chi connectivity index (χ3n) is 6.71. The molecular formula is C27H39N7S. The zero-order chi connectivity index (χ0) is 25.6. The minimum Gasteiger partial charge on any atom is -0.390 e.